The first-order valence-corrected chi connectivity index (χ1v) is 7.81. The van der Waals surface area contributed by atoms with Crippen LogP contribution >= 0.6 is 11.3 Å². The highest BCUT2D eigenvalue weighted by Crippen LogP contribution is 2.18. The van der Waals surface area contributed by atoms with Gasteiger partial charge >= 0.3 is 6.09 Å². The number of aromatic nitrogens is 1. The van der Waals surface area contributed by atoms with Crippen molar-refractivity contribution in [1.82, 2.24) is 4.98 Å². The average molecular weight is 348 g/mol. The third-order valence-electron chi connectivity index (χ3n) is 2.75. The minimum Gasteiger partial charge on any atom is -0.453 e. The summed E-state index contributed by atoms with van der Waals surface area (Å²) in [6.07, 6.45) is -0.556. The minimum atomic E-state index is -0.616. The van der Waals surface area contributed by atoms with E-state index in [1.807, 2.05) is 0 Å². The molecule has 0 saturated carbocycles. The maximum absolute atomic E-state index is 12.1. The van der Waals surface area contributed by atoms with Gasteiger partial charge in [-0.3, -0.25) is 14.9 Å². The van der Waals surface area contributed by atoms with Gasteiger partial charge in [0, 0.05) is 23.7 Å². The molecule has 1 heterocycles. The highest BCUT2D eigenvalue weighted by molar-refractivity contribution is 7.13. The lowest BCUT2D eigenvalue weighted by molar-refractivity contribution is -0.116. The van der Waals surface area contributed by atoms with Gasteiger partial charge in [0.2, 0.25) is 11.8 Å². The Morgan fingerprint density at radius 3 is 2.54 bits per heavy atom. The van der Waals surface area contributed by atoms with Crippen molar-refractivity contribution in [2.24, 2.45) is 0 Å². The second-order valence-electron chi connectivity index (χ2n) is 4.75. The summed E-state index contributed by atoms with van der Waals surface area (Å²) in [5, 5.41) is 9.84. The fraction of sp³-hybridized carbons (Fsp3) is 0.200. The number of nitrogens with one attached hydrogen (secondary N) is 3. The number of hydrogen-bond donors (Lipinski definition) is 3. The molecule has 0 aliphatic rings. The Bertz CT molecular complexity index is 759. The third-order valence-corrected chi connectivity index (χ3v) is 3.56. The van der Waals surface area contributed by atoms with Crippen molar-refractivity contribution in [3.63, 3.8) is 0 Å². The zero-order chi connectivity index (χ0) is 17.5. The van der Waals surface area contributed by atoms with Crippen LogP contribution in [0.5, 0.6) is 0 Å². The van der Waals surface area contributed by atoms with Gasteiger partial charge in [-0.1, -0.05) is 6.07 Å². The van der Waals surface area contributed by atoms with E-state index in [-0.39, 0.29) is 18.2 Å². The van der Waals surface area contributed by atoms with E-state index in [1.165, 1.54) is 25.4 Å². The highest BCUT2D eigenvalue weighted by Gasteiger charge is 2.10. The van der Waals surface area contributed by atoms with Crippen LogP contribution in [0.4, 0.5) is 21.3 Å². The van der Waals surface area contributed by atoms with Crippen LogP contribution in [0, 0.1) is 0 Å². The van der Waals surface area contributed by atoms with E-state index in [1.54, 1.807) is 29.6 Å². The molecule has 1 aromatic heterocycles. The van der Waals surface area contributed by atoms with Gasteiger partial charge in [0.25, 0.3) is 0 Å². The van der Waals surface area contributed by atoms with E-state index in [9.17, 15) is 14.4 Å². The summed E-state index contributed by atoms with van der Waals surface area (Å²) in [4.78, 5) is 38.3. The van der Waals surface area contributed by atoms with Crippen molar-refractivity contribution >= 4 is 45.8 Å². The van der Waals surface area contributed by atoms with Crippen molar-refractivity contribution in [2.75, 3.05) is 23.1 Å². The molecule has 3 N–H and O–H groups in total. The molecule has 0 aliphatic carbocycles. The molecule has 24 heavy (non-hydrogen) atoms. The Morgan fingerprint density at radius 2 is 1.88 bits per heavy atom. The fourth-order valence-electron chi connectivity index (χ4n) is 1.83. The van der Waals surface area contributed by atoms with Crippen molar-refractivity contribution in [2.45, 2.75) is 13.3 Å². The van der Waals surface area contributed by atoms with Crippen LogP contribution in [0.25, 0.3) is 0 Å². The monoisotopic (exact) mass is 348 g/mol. The van der Waals surface area contributed by atoms with Gasteiger partial charge < -0.3 is 15.4 Å². The Balaban J connectivity index is 1.93. The number of thiazole rings is 1. The summed E-state index contributed by atoms with van der Waals surface area (Å²) in [6, 6.07) is 6.82. The van der Waals surface area contributed by atoms with E-state index in [0.717, 1.165) is 0 Å². The summed E-state index contributed by atoms with van der Waals surface area (Å²) in [5.74, 6) is -0.448. The molecule has 126 valence electrons. The Morgan fingerprint density at radius 1 is 1.17 bits per heavy atom. The van der Waals surface area contributed by atoms with Crippen LogP contribution in [-0.2, 0) is 20.7 Å². The number of carbonyl (C=O) groups is 3. The predicted molar refractivity (Wildman–Crippen MR) is 91.2 cm³/mol. The van der Waals surface area contributed by atoms with Crippen molar-refractivity contribution < 1.29 is 19.1 Å². The first kappa shape index (κ1) is 17.4. The summed E-state index contributed by atoms with van der Waals surface area (Å²) in [5.41, 5.74) is 1.69. The topological polar surface area (TPSA) is 109 Å². The molecule has 0 radical (unpaired) electrons. The summed E-state index contributed by atoms with van der Waals surface area (Å²) < 4.78 is 4.47. The van der Waals surface area contributed by atoms with Gasteiger partial charge in [-0.05, 0) is 18.2 Å². The van der Waals surface area contributed by atoms with Gasteiger partial charge in [0.05, 0.1) is 19.2 Å². The fourth-order valence-corrected chi connectivity index (χ4v) is 2.53. The molecule has 8 nitrogen and oxygen atoms in total. The molecular weight excluding hydrogens is 332 g/mol. The third kappa shape index (κ3) is 5.36. The summed E-state index contributed by atoms with van der Waals surface area (Å²) in [6.45, 7) is 1.41. The van der Waals surface area contributed by atoms with Crippen LogP contribution in [0.3, 0.4) is 0 Å². The van der Waals surface area contributed by atoms with E-state index < -0.39 is 6.09 Å². The lowest BCUT2D eigenvalue weighted by atomic mass is 10.2. The van der Waals surface area contributed by atoms with Gasteiger partial charge in [0.15, 0.2) is 5.13 Å². The van der Waals surface area contributed by atoms with Gasteiger partial charge in [0.1, 0.15) is 0 Å². The summed E-state index contributed by atoms with van der Waals surface area (Å²) >= 11 is 1.20. The zero-order valence-corrected chi connectivity index (χ0v) is 13.9. The van der Waals surface area contributed by atoms with E-state index in [0.29, 0.717) is 22.2 Å². The normalized spacial score (nSPS) is 9.92. The van der Waals surface area contributed by atoms with Gasteiger partial charge in [-0.15, -0.1) is 11.3 Å². The minimum absolute atomic E-state index is 0.0592. The number of hydrogen-bond acceptors (Lipinski definition) is 6. The van der Waals surface area contributed by atoms with Crippen LogP contribution < -0.4 is 16.0 Å². The van der Waals surface area contributed by atoms with Crippen LogP contribution in [0.2, 0.25) is 0 Å². The molecule has 2 rings (SSSR count). The Kier molecular flexibility index (Phi) is 5.85. The number of benzene rings is 1. The molecule has 0 atom stereocenters. The molecule has 2 aromatic rings. The van der Waals surface area contributed by atoms with Crippen LogP contribution in [-0.4, -0.2) is 30.0 Å². The predicted octanol–water partition coefficient (Wildman–Crippen LogP) is 2.46. The second kappa shape index (κ2) is 8.06. The maximum Gasteiger partial charge on any atom is 0.413 e. The maximum atomic E-state index is 12.1. The Hall–Kier alpha value is -2.94. The molecule has 9 heteroatoms. The Labute approximate surface area is 142 Å². The largest absolute Gasteiger partial charge is 0.453 e. The molecule has 0 fully saturated rings. The number of ether oxygens (including phenoxy) is 1. The van der Waals surface area contributed by atoms with Crippen molar-refractivity contribution in [1.29, 1.82) is 0 Å². The number of anilines is 3. The van der Waals surface area contributed by atoms with Gasteiger partial charge in [-0.25, -0.2) is 9.78 Å². The molecule has 0 spiro atoms. The first-order chi connectivity index (χ1) is 11.5. The first-order valence-electron chi connectivity index (χ1n) is 6.93. The standard InChI is InChI=1S/C15H16N4O4S/c1-9(20)16-10-4-3-5-11(6-10)17-13(21)7-12-8-24-14(18-12)19-15(22)23-2/h3-6,8H,7H2,1-2H3,(H,16,20)(H,17,21)(H,18,19,22). The average Bonchev–Trinajstić information content (AvgIpc) is 2.93. The van der Waals surface area contributed by atoms with Gasteiger partial charge in [-0.2, -0.15) is 0 Å². The molecule has 1 aromatic carbocycles. The number of nitrogens with zero attached hydrogens (tertiary/aromatic N) is 1. The number of amides is 3. The number of methoxy groups -OCH3 is 1. The quantitative estimate of drug-likeness (QED) is 0.769. The number of rotatable bonds is 5. The molecule has 0 unspecified atom stereocenters. The SMILES string of the molecule is COC(=O)Nc1nc(CC(=O)Nc2cccc(NC(C)=O)c2)cs1. The lowest BCUT2D eigenvalue weighted by Gasteiger charge is -2.07. The van der Waals surface area contributed by atoms with Crippen molar-refractivity contribution in [3.05, 3.63) is 35.3 Å². The molecule has 3 amide bonds. The van der Waals surface area contributed by atoms with Crippen molar-refractivity contribution in [3.8, 4) is 0 Å². The lowest BCUT2D eigenvalue weighted by Crippen LogP contribution is -2.15. The smallest absolute Gasteiger partial charge is 0.413 e. The van der Waals surface area contributed by atoms with E-state index >= 15 is 0 Å². The zero-order valence-electron chi connectivity index (χ0n) is 13.1. The summed E-state index contributed by atoms with van der Waals surface area (Å²) in [7, 11) is 1.26. The highest BCUT2D eigenvalue weighted by atomic mass is 32.1. The number of carbonyl (C=O) groups excluding carboxylic acids is 3. The second-order valence-corrected chi connectivity index (χ2v) is 5.61. The van der Waals surface area contributed by atoms with Crippen LogP contribution in [0.1, 0.15) is 12.6 Å². The van der Waals surface area contributed by atoms with E-state index in [4.69, 9.17) is 0 Å². The molecule has 0 saturated heterocycles. The molecule has 0 bridgehead atoms. The molecular formula is C15H16N4O4S. The van der Waals surface area contributed by atoms with Crippen LogP contribution in [0.15, 0.2) is 29.6 Å². The molecule has 0 aliphatic heterocycles. The van der Waals surface area contributed by atoms with E-state index in [2.05, 4.69) is 25.7 Å².